The van der Waals surface area contributed by atoms with Gasteiger partial charge in [-0.05, 0) is 25.2 Å². The molecule has 0 aliphatic rings. The number of aliphatic hydroxyl groups is 1. The molecular weight excluding hydrogens is 112 g/mol. The zero-order chi connectivity index (χ0) is 6.95. The molecule has 0 aromatic heterocycles. The van der Waals surface area contributed by atoms with Crippen LogP contribution in [0.3, 0.4) is 0 Å². The average Bonchev–Trinajstić information content (AvgIpc) is 1.89. The van der Waals surface area contributed by atoms with E-state index >= 15 is 0 Å². The first-order valence-corrected chi connectivity index (χ1v) is 2.92. The third-order valence-electron chi connectivity index (χ3n) is 0.736. The third-order valence-corrected chi connectivity index (χ3v) is 0.736. The van der Waals surface area contributed by atoms with Crippen LogP contribution in [0.4, 0.5) is 0 Å². The maximum Gasteiger partial charge on any atom is 0.0440 e. The highest BCUT2D eigenvalue weighted by Gasteiger charge is 1.74. The number of aliphatic hydroxyl groups excluding tert-OH is 1. The van der Waals surface area contributed by atoms with Crippen LogP contribution in [0.25, 0.3) is 0 Å². The van der Waals surface area contributed by atoms with E-state index in [1.165, 1.54) is 0 Å². The summed E-state index contributed by atoms with van der Waals surface area (Å²) in [5, 5.41) is 8.32. The molecule has 0 rings (SSSR count). The molecule has 0 aliphatic heterocycles. The van der Waals surface area contributed by atoms with E-state index in [0.717, 1.165) is 12.8 Å². The van der Waals surface area contributed by atoms with E-state index in [9.17, 15) is 0 Å². The Morgan fingerprint density at radius 2 is 2.11 bits per heavy atom. The summed E-state index contributed by atoms with van der Waals surface area (Å²) in [5.74, 6) is 10.7. The number of hydrogen-bond acceptors (Lipinski definition) is 1. The number of hydrogen-bond donors (Lipinski definition) is 1. The zero-order valence-corrected chi connectivity index (χ0v) is 5.57. The molecule has 0 aliphatic carbocycles. The Morgan fingerprint density at radius 3 is 2.67 bits per heavy atom. The lowest BCUT2D eigenvalue weighted by Gasteiger charge is -1.80. The Hall–Kier alpha value is -0.920. The zero-order valence-electron chi connectivity index (χ0n) is 5.57. The smallest absolute Gasteiger partial charge is 0.0440 e. The van der Waals surface area contributed by atoms with Crippen LogP contribution in [0, 0.1) is 23.7 Å². The molecule has 0 spiro atoms. The lowest BCUT2D eigenvalue weighted by Crippen LogP contribution is -1.77. The van der Waals surface area contributed by atoms with Crippen molar-refractivity contribution in [2.45, 2.75) is 19.8 Å². The van der Waals surface area contributed by atoms with Gasteiger partial charge in [0.15, 0.2) is 0 Å². The summed E-state index contributed by atoms with van der Waals surface area (Å²) in [6.07, 6.45) is 1.49. The summed E-state index contributed by atoms with van der Waals surface area (Å²) in [6.45, 7) is 1.97. The number of unbranched alkanes of at least 4 members (excludes halogenated alkanes) is 1. The summed E-state index contributed by atoms with van der Waals surface area (Å²) >= 11 is 0. The van der Waals surface area contributed by atoms with E-state index in [0.29, 0.717) is 0 Å². The Morgan fingerprint density at radius 1 is 1.33 bits per heavy atom. The van der Waals surface area contributed by atoms with Gasteiger partial charge in [-0.2, -0.15) is 0 Å². The second-order valence-corrected chi connectivity index (χ2v) is 1.50. The highest BCUT2D eigenvalue weighted by atomic mass is 16.2. The Kier molecular flexibility index (Phi) is 6.36. The van der Waals surface area contributed by atoms with Gasteiger partial charge in [-0.3, -0.25) is 0 Å². The van der Waals surface area contributed by atoms with Crippen molar-refractivity contribution in [3.8, 4) is 23.7 Å². The topological polar surface area (TPSA) is 20.2 Å². The molecular formula is C8H10O. The first kappa shape index (κ1) is 8.08. The highest BCUT2D eigenvalue weighted by Crippen LogP contribution is 1.81. The summed E-state index contributed by atoms with van der Waals surface area (Å²) in [6, 6.07) is 0. The van der Waals surface area contributed by atoms with E-state index in [2.05, 4.69) is 23.7 Å². The van der Waals surface area contributed by atoms with Crippen LogP contribution < -0.4 is 0 Å². The van der Waals surface area contributed by atoms with Crippen molar-refractivity contribution in [3.63, 3.8) is 0 Å². The fourth-order valence-electron chi connectivity index (χ4n) is 0.337. The lowest BCUT2D eigenvalue weighted by molar-refractivity contribution is 0.290. The summed E-state index contributed by atoms with van der Waals surface area (Å²) in [5.41, 5.74) is 0. The molecule has 0 radical (unpaired) electrons. The third kappa shape index (κ3) is 7.08. The molecule has 0 saturated heterocycles. The maximum absolute atomic E-state index is 8.32. The van der Waals surface area contributed by atoms with Crippen molar-refractivity contribution in [3.05, 3.63) is 0 Å². The minimum Gasteiger partial charge on any atom is -0.396 e. The van der Waals surface area contributed by atoms with Crippen molar-refractivity contribution in [1.29, 1.82) is 0 Å². The average molecular weight is 122 g/mol. The minimum atomic E-state index is 0.217. The molecule has 0 atom stereocenters. The summed E-state index contributed by atoms with van der Waals surface area (Å²) in [4.78, 5) is 0. The normalized spacial score (nSPS) is 6.44. The minimum absolute atomic E-state index is 0.217. The maximum atomic E-state index is 8.32. The highest BCUT2D eigenvalue weighted by molar-refractivity contribution is 5.24. The van der Waals surface area contributed by atoms with Crippen LogP contribution in [0.15, 0.2) is 0 Å². The monoisotopic (exact) mass is 122 g/mol. The Labute approximate surface area is 56.1 Å². The molecule has 1 N–H and O–H groups in total. The van der Waals surface area contributed by atoms with Crippen LogP contribution in [0.1, 0.15) is 19.8 Å². The predicted octanol–water partition coefficient (Wildman–Crippen LogP) is 0.786. The molecule has 0 aromatic rings. The fourth-order valence-corrected chi connectivity index (χ4v) is 0.337. The SMILES string of the molecule is CC#CC#CCCCO. The molecule has 0 heterocycles. The second-order valence-electron chi connectivity index (χ2n) is 1.50. The van der Waals surface area contributed by atoms with E-state index in [1.807, 2.05) is 0 Å². The van der Waals surface area contributed by atoms with Gasteiger partial charge in [-0.25, -0.2) is 0 Å². The van der Waals surface area contributed by atoms with Gasteiger partial charge in [0.05, 0.1) is 0 Å². The van der Waals surface area contributed by atoms with E-state index in [1.54, 1.807) is 6.92 Å². The molecule has 48 valence electrons. The molecule has 0 unspecified atom stereocenters. The van der Waals surface area contributed by atoms with Crippen LogP contribution in [0.5, 0.6) is 0 Å². The van der Waals surface area contributed by atoms with E-state index < -0.39 is 0 Å². The van der Waals surface area contributed by atoms with Crippen LogP contribution in [0.2, 0.25) is 0 Å². The standard InChI is InChI=1S/C8H10O/c1-2-3-4-5-6-7-8-9/h9H,6-8H2,1H3. The molecule has 0 amide bonds. The van der Waals surface area contributed by atoms with Crippen molar-refractivity contribution >= 4 is 0 Å². The second kappa shape index (κ2) is 7.08. The van der Waals surface area contributed by atoms with Crippen molar-refractivity contribution in [2.24, 2.45) is 0 Å². The molecule has 9 heavy (non-hydrogen) atoms. The largest absolute Gasteiger partial charge is 0.396 e. The molecule has 0 fully saturated rings. The van der Waals surface area contributed by atoms with Gasteiger partial charge >= 0.3 is 0 Å². The van der Waals surface area contributed by atoms with Gasteiger partial charge in [-0.1, -0.05) is 11.8 Å². The molecule has 0 aromatic carbocycles. The number of rotatable bonds is 2. The summed E-state index contributed by atoms with van der Waals surface area (Å²) in [7, 11) is 0. The van der Waals surface area contributed by atoms with Crippen molar-refractivity contribution in [1.82, 2.24) is 0 Å². The first-order valence-electron chi connectivity index (χ1n) is 2.92. The molecule has 0 bridgehead atoms. The van der Waals surface area contributed by atoms with Crippen molar-refractivity contribution < 1.29 is 5.11 Å². The van der Waals surface area contributed by atoms with Gasteiger partial charge in [-0.15, -0.1) is 0 Å². The van der Waals surface area contributed by atoms with Gasteiger partial charge in [0.1, 0.15) is 0 Å². The van der Waals surface area contributed by atoms with Gasteiger partial charge in [0.2, 0.25) is 0 Å². The lowest BCUT2D eigenvalue weighted by atomic mass is 10.3. The van der Waals surface area contributed by atoms with Gasteiger partial charge < -0.3 is 5.11 Å². The van der Waals surface area contributed by atoms with Crippen molar-refractivity contribution in [2.75, 3.05) is 6.61 Å². The Balaban J connectivity index is 3.23. The predicted molar refractivity (Wildman–Crippen MR) is 37.5 cm³/mol. The van der Waals surface area contributed by atoms with Crippen LogP contribution in [-0.4, -0.2) is 11.7 Å². The fraction of sp³-hybridized carbons (Fsp3) is 0.500. The first-order chi connectivity index (χ1) is 4.41. The van der Waals surface area contributed by atoms with E-state index in [-0.39, 0.29) is 6.61 Å². The quantitative estimate of drug-likeness (QED) is 0.424. The van der Waals surface area contributed by atoms with E-state index in [4.69, 9.17) is 5.11 Å². The van der Waals surface area contributed by atoms with Crippen LogP contribution >= 0.6 is 0 Å². The van der Waals surface area contributed by atoms with Gasteiger partial charge in [0, 0.05) is 13.0 Å². The molecule has 1 heteroatoms. The Bertz CT molecular complexity index is 160. The van der Waals surface area contributed by atoms with Crippen LogP contribution in [-0.2, 0) is 0 Å². The molecule has 1 nitrogen and oxygen atoms in total. The summed E-state index contributed by atoms with van der Waals surface area (Å²) < 4.78 is 0. The molecule has 0 saturated carbocycles. The van der Waals surface area contributed by atoms with Gasteiger partial charge in [0.25, 0.3) is 0 Å².